The van der Waals surface area contributed by atoms with E-state index in [1.165, 1.54) is 6.07 Å². The summed E-state index contributed by atoms with van der Waals surface area (Å²) in [5.41, 5.74) is 3.83. The molecular formula is C39H47ClN6O7. The van der Waals surface area contributed by atoms with E-state index < -0.39 is 29.4 Å². The predicted octanol–water partition coefficient (Wildman–Crippen LogP) is 6.28. The van der Waals surface area contributed by atoms with Gasteiger partial charge in [-0.25, -0.2) is 14.6 Å². The second-order valence-electron chi connectivity index (χ2n) is 14.9. The van der Waals surface area contributed by atoms with Crippen molar-refractivity contribution >= 4 is 52.2 Å². The Morgan fingerprint density at radius 3 is 2.34 bits per heavy atom. The Hall–Kier alpha value is -5.17. The Morgan fingerprint density at radius 2 is 1.70 bits per heavy atom. The fourth-order valence-electron chi connectivity index (χ4n) is 6.37. The maximum Gasteiger partial charge on any atom is 0.417 e. The smallest absolute Gasteiger partial charge is 0.417 e. The fraction of sp³-hybridized carbons (Fsp3) is 0.436. The largest absolute Gasteiger partial charge is 0.444 e. The molecule has 0 aliphatic heterocycles. The average molecular weight is 747 g/mol. The SMILES string of the molecule is Cc1nc(C(=O)NC(C)C)ccc1-c1ccc(CC(NC(=O)C2CCC(CNC(=O)OC(C)(C)C)CC2)C(=O)Nc2cc(Cl)c3oc(=O)[nH]c3c2)cc1. The first kappa shape index (κ1) is 39.0. The van der Waals surface area contributed by atoms with Crippen LogP contribution < -0.4 is 27.0 Å². The topological polar surface area (TPSA) is 185 Å². The molecule has 0 radical (unpaired) electrons. The lowest BCUT2D eigenvalue weighted by atomic mass is 9.81. The van der Waals surface area contributed by atoms with Crippen molar-refractivity contribution in [1.29, 1.82) is 0 Å². The van der Waals surface area contributed by atoms with Crippen LogP contribution in [-0.4, -0.2) is 58.0 Å². The lowest BCUT2D eigenvalue weighted by Gasteiger charge is -2.29. The summed E-state index contributed by atoms with van der Waals surface area (Å²) in [5.74, 6) is -1.68. The number of halogens is 1. The van der Waals surface area contributed by atoms with Crippen molar-refractivity contribution in [3.8, 4) is 11.1 Å². The number of ether oxygens (including phenoxy) is 1. The molecule has 1 fully saturated rings. The van der Waals surface area contributed by atoms with E-state index >= 15 is 0 Å². The van der Waals surface area contributed by atoms with Crippen LogP contribution in [0, 0.1) is 18.8 Å². The maximum atomic E-state index is 13.8. The molecule has 1 aliphatic rings. The van der Waals surface area contributed by atoms with Gasteiger partial charge in [-0.1, -0.05) is 41.9 Å². The lowest BCUT2D eigenvalue weighted by Crippen LogP contribution is -2.48. The first-order valence-corrected chi connectivity index (χ1v) is 18.2. The number of hydrogen-bond acceptors (Lipinski definition) is 8. The van der Waals surface area contributed by atoms with Crippen LogP contribution >= 0.6 is 11.6 Å². The highest BCUT2D eigenvalue weighted by molar-refractivity contribution is 6.35. The van der Waals surface area contributed by atoms with Crippen LogP contribution in [0.4, 0.5) is 10.5 Å². The Bertz CT molecular complexity index is 2020. The summed E-state index contributed by atoms with van der Waals surface area (Å²) in [5, 5.41) is 11.7. The molecule has 2 aromatic heterocycles. The summed E-state index contributed by atoms with van der Waals surface area (Å²) < 4.78 is 10.4. The Morgan fingerprint density at radius 1 is 1.00 bits per heavy atom. The van der Waals surface area contributed by atoms with Gasteiger partial charge in [0, 0.05) is 41.9 Å². The van der Waals surface area contributed by atoms with Crippen LogP contribution in [0.25, 0.3) is 22.2 Å². The number of anilines is 1. The summed E-state index contributed by atoms with van der Waals surface area (Å²) in [6.07, 6.45) is 2.44. The van der Waals surface area contributed by atoms with Crippen LogP contribution in [0.1, 0.15) is 82.0 Å². The van der Waals surface area contributed by atoms with Gasteiger partial charge in [0.05, 0.1) is 10.5 Å². The number of carbonyl (C=O) groups is 4. The molecule has 282 valence electrons. The first-order valence-electron chi connectivity index (χ1n) is 17.8. The number of pyridine rings is 1. The molecule has 4 aromatic rings. The Labute approximate surface area is 313 Å². The van der Waals surface area contributed by atoms with E-state index in [4.69, 9.17) is 20.8 Å². The number of aryl methyl sites for hydroxylation is 1. The third kappa shape index (κ3) is 10.7. The molecule has 0 spiro atoms. The molecule has 1 saturated carbocycles. The number of aromatic nitrogens is 2. The van der Waals surface area contributed by atoms with Gasteiger partial charge in [0.1, 0.15) is 17.3 Å². The number of benzene rings is 2. The number of alkyl carbamates (subject to hydrolysis) is 1. The minimum absolute atomic E-state index is 0.00850. The monoisotopic (exact) mass is 746 g/mol. The van der Waals surface area contributed by atoms with Gasteiger partial charge in [-0.3, -0.25) is 19.4 Å². The summed E-state index contributed by atoms with van der Waals surface area (Å²) in [4.78, 5) is 70.8. The number of fused-ring (bicyclic) bond motifs is 1. The third-order valence-corrected chi connectivity index (χ3v) is 9.25. The molecule has 2 aromatic carbocycles. The van der Waals surface area contributed by atoms with E-state index in [1.807, 2.05) is 71.9 Å². The van der Waals surface area contributed by atoms with Crippen LogP contribution in [0.15, 0.2) is 57.7 Å². The highest BCUT2D eigenvalue weighted by atomic mass is 35.5. The van der Waals surface area contributed by atoms with E-state index in [-0.39, 0.29) is 46.7 Å². The third-order valence-electron chi connectivity index (χ3n) is 8.97. The average Bonchev–Trinajstić information content (AvgIpc) is 3.47. The zero-order chi connectivity index (χ0) is 38.4. The van der Waals surface area contributed by atoms with Gasteiger partial charge < -0.3 is 30.4 Å². The molecule has 53 heavy (non-hydrogen) atoms. The number of carbonyl (C=O) groups excluding carboxylic acids is 4. The quantitative estimate of drug-likeness (QED) is 0.119. The highest BCUT2D eigenvalue weighted by Gasteiger charge is 2.30. The summed E-state index contributed by atoms with van der Waals surface area (Å²) in [7, 11) is 0. The van der Waals surface area contributed by atoms with Gasteiger partial charge >= 0.3 is 11.8 Å². The maximum absolute atomic E-state index is 13.8. The molecule has 14 heteroatoms. The molecule has 1 unspecified atom stereocenters. The summed E-state index contributed by atoms with van der Waals surface area (Å²) in [6.45, 7) is 11.5. The highest BCUT2D eigenvalue weighted by Crippen LogP contribution is 2.30. The Balaban J connectivity index is 1.28. The predicted molar refractivity (Wildman–Crippen MR) is 203 cm³/mol. The minimum Gasteiger partial charge on any atom is -0.444 e. The van der Waals surface area contributed by atoms with Crippen molar-refractivity contribution < 1.29 is 28.3 Å². The molecule has 1 aliphatic carbocycles. The zero-order valence-corrected chi connectivity index (χ0v) is 31.6. The molecule has 1 atom stereocenters. The van der Waals surface area contributed by atoms with Crippen LogP contribution in [0.5, 0.6) is 0 Å². The molecule has 2 heterocycles. The van der Waals surface area contributed by atoms with Gasteiger partial charge in [-0.2, -0.15) is 0 Å². The zero-order valence-electron chi connectivity index (χ0n) is 30.9. The normalized spacial score (nSPS) is 16.5. The van der Waals surface area contributed by atoms with E-state index in [9.17, 15) is 24.0 Å². The van der Waals surface area contributed by atoms with E-state index in [2.05, 4.69) is 31.2 Å². The van der Waals surface area contributed by atoms with Crippen LogP contribution in [0.3, 0.4) is 0 Å². The standard InChI is InChI=1S/C39H47ClN6O7/c1-21(2)42-35(48)30-16-15-28(22(3)43-30)25-11-7-23(8-12-25)17-32(36(49)44-27-18-29(40)33-31(19-27)46-38(51)52-33)45-34(47)26-13-9-24(10-14-26)20-41-37(50)53-39(4,5)6/h7-8,11-12,15-16,18-19,21,24,26,32H,9-10,13-14,17,20H2,1-6H3,(H,41,50)(H,42,48)(H,44,49)(H,45,47)(H,46,51). The van der Waals surface area contributed by atoms with Crippen LogP contribution in [0.2, 0.25) is 5.02 Å². The van der Waals surface area contributed by atoms with Gasteiger partial charge in [-0.05, 0) is 102 Å². The molecule has 0 saturated heterocycles. The number of aromatic amines is 1. The van der Waals surface area contributed by atoms with E-state index in [0.29, 0.717) is 42.0 Å². The molecule has 5 rings (SSSR count). The number of oxazole rings is 1. The summed E-state index contributed by atoms with van der Waals surface area (Å²) >= 11 is 6.33. The molecule has 5 N–H and O–H groups in total. The lowest BCUT2D eigenvalue weighted by molar-refractivity contribution is -0.130. The second kappa shape index (κ2) is 16.7. The number of nitrogens with zero attached hydrogens (tertiary/aromatic N) is 1. The first-order chi connectivity index (χ1) is 25.0. The number of rotatable bonds is 11. The molecule has 0 bridgehead atoms. The number of nitrogens with one attached hydrogen (secondary N) is 5. The van der Waals surface area contributed by atoms with Gasteiger partial charge in [0.25, 0.3) is 5.91 Å². The van der Waals surface area contributed by atoms with Crippen LogP contribution in [-0.2, 0) is 20.7 Å². The van der Waals surface area contributed by atoms with Crippen molar-refractivity contribution in [2.75, 3.05) is 11.9 Å². The van der Waals surface area contributed by atoms with Crippen molar-refractivity contribution in [2.45, 2.75) is 91.3 Å². The van der Waals surface area contributed by atoms with E-state index in [0.717, 1.165) is 29.5 Å². The molecular weight excluding hydrogens is 700 g/mol. The number of hydrogen-bond donors (Lipinski definition) is 5. The second-order valence-corrected chi connectivity index (χ2v) is 15.3. The van der Waals surface area contributed by atoms with Crippen molar-refractivity contribution in [3.05, 3.63) is 81.1 Å². The number of H-pyrrole nitrogens is 1. The minimum atomic E-state index is -0.945. The summed E-state index contributed by atoms with van der Waals surface area (Å²) in [6, 6.07) is 13.2. The van der Waals surface area contributed by atoms with E-state index in [1.54, 1.807) is 12.1 Å². The van der Waals surface area contributed by atoms with Crippen molar-refractivity contribution in [3.63, 3.8) is 0 Å². The van der Waals surface area contributed by atoms with Gasteiger partial charge in [0.2, 0.25) is 11.8 Å². The van der Waals surface area contributed by atoms with Gasteiger partial charge in [-0.15, -0.1) is 0 Å². The Kier molecular flexibility index (Phi) is 12.3. The molecule has 13 nitrogen and oxygen atoms in total. The van der Waals surface area contributed by atoms with Gasteiger partial charge in [0.15, 0.2) is 5.58 Å². The van der Waals surface area contributed by atoms with Crippen molar-refractivity contribution in [2.24, 2.45) is 11.8 Å². The number of amides is 4. The molecule has 4 amide bonds. The fourth-order valence-corrected chi connectivity index (χ4v) is 6.63. The van der Waals surface area contributed by atoms with Crippen molar-refractivity contribution in [1.82, 2.24) is 25.9 Å².